The van der Waals surface area contributed by atoms with Crippen LogP contribution in [0.4, 0.5) is 4.79 Å². The van der Waals surface area contributed by atoms with Crippen LogP contribution in [0.2, 0.25) is 0 Å². The van der Waals surface area contributed by atoms with Gasteiger partial charge in [-0.2, -0.15) is 0 Å². The summed E-state index contributed by atoms with van der Waals surface area (Å²) >= 11 is 0. The predicted molar refractivity (Wildman–Crippen MR) is 46.2 cm³/mol. The van der Waals surface area contributed by atoms with Gasteiger partial charge in [0.05, 0.1) is 13.2 Å². The third-order valence-electron chi connectivity index (χ3n) is 2.03. The van der Waals surface area contributed by atoms with Crippen molar-refractivity contribution in [2.24, 2.45) is 0 Å². The molecule has 1 amide bonds. The maximum atomic E-state index is 11.6. The molecule has 0 atom stereocenters. The molecule has 2 heterocycles. The minimum absolute atomic E-state index is 0.427. The van der Waals surface area contributed by atoms with Gasteiger partial charge in [-0.05, 0) is 0 Å². The molecule has 14 heavy (non-hydrogen) atoms. The van der Waals surface area contributed by atoms with Crippen molar-refractivity contribution in [1.82, 2.24) is 9.64 Å². The van der Waals surface area contributed by atoms with Gasteiger partial charge in [-0.3, -0.25) is 4.79 Å². The summed E-state index contributed by atoms with van der Waals surface area (Å²) in [5.74, 6) is 0. The van der Waals surface area contributed by atoms with Crippen molar-refractivity contribution >= 4 is 6.03 Å². The highest BCUT2D eigenvalue weighted by Crippen LogP contribution is 1.99. The fourth-order valence-electron chi connectivity index (χ4n) is 1.29. The molecule has 76 valence electrons. The molecule has 6 nitrogen and oxygen atoms in total. The second-order valence-electron chi connectivity index (χ2n) is 2.92. The number of aromatic nitrogens is 1. The van der Waals surface area contributed by atoms with E-state index >= 15 is 0 Å². The first-order valence-electron chi connectivity index (χ1n) is 4.33. The van der Waals surface area contributed by atoms with Gasteiger partial charge in [0.15, 0.2) is 0 Å². The van der Waals surface area contributed by atoms with E-state index in [0.29, 0.717) is 26.3 Å². The number of amides is 1. The Bertz CT molecular complexity index is 375. The van der Waals surface area contributed by atoms with Crippen LogP contribution in [0.3, 0.4) is 0 Å². The second kappa shape index (κ2) is 3.67. The van der Waals surface area contributed by atoms with E-state index in [-0.39, 0.29) is 0 Å². The molecular weight excluding hydrogens is 188 g/mol. The first kappa shape index (κ1) is 9.01. The quantitative estimate of drug-likeness (QED) is 0.576. The van der Waals surface area contributed by atoms with Gasteiger partial charge in [0.2, 0.25) is 0 Å². The maximum absolute atomic E-state index is 11.6. The van der Waals surface area contributed by atoms with Crippen LogP contribution in [0.15, 0.2) is 21.6 Å². The highest BCUT2D eigenvalue weighted by atomic mass is 16.5. The smallest absolute Gasteiger partial charge is 0.361 e. The summed E-state index contributed by atoms with van der Waals surface area (Å²) in [6.45, 7) is 1.99. The van der Waals surface area contributed by atoms with Crippen molar-refractivity contribution < 1.29 is 14.1 Å². The average Bonchev–Trinajstić information content (AvgIpc) is 2.65. The van der Waals surface area contributed by atoms with Crippen LogP contribution in [-0.4, -0.2) is 42.0 Å². The number of carbonyl (C=O) groups excluding carboxylic acids is 1. The zero-order chi connectivity index (χ0) is 9.97. The van der Waals surface area contributed by atoms with Crippen molar-refractivity contribution in [3.8, 4) is 0 Å². The molecule has 0 aromatic carbocycles. The summed E-state index contributed by atoms with van der Waals surface area (Å²) in [6, 6.07) is 0.779. The lowest BCUT2D eigenvalue weighted by atomic mass is 10.4. The fraction of sp³-hybridized carbons (Fsp3) is 0.500. The molecule has 2 rings (SSSR count). The molecule has 1 aliphatic heterocycles. The Morgan fingerprint density at radius 3 is 2.64 bits per heavy atom. The molecule has 0 radical (unpaired) electrons. The van der Waals surface area contributed by atoms with Crippen molar-refractivity contribution in [2.75, 3.05) is 26.3 Å². The molecule has 0 N–H and O–H groups in total. The lowest BCUT2D eigenvalue weighted by Gasteiger charge is -2.25. The highest BCUT2D eigenvalue weighted by molar-refractivity contribution is 5.75. The van der Waals surface area contributed by atoms with Crippen molar-refractivity contribution in [2.45, 2.75) is 0 Å². The first-order chi connectivity index (χ1) is 6.79. The van der Waals surface area contributed by atoms with E-state index in [9.17, 15) is 9.59 Å². The Morgan fingerprint density at radius 2 is 2.07 bits per heavy atom. The van der Waals surface area contributed by atoms with E-state index in [1.807, 2.05) is 0 Å². The van der Waals surface area contributed by atoms with Gasteiger partial charge < -0.3 is 14.2 Å². The van der Waals surface area contributed by atoms with Gasteiger partial charge >= 0.3 is 6.03 Å². The third-order valence-corrected chi connectivity index (χ3v) is 2.03. The summed E-state index contributed by atoms with van der Waals surface area (Å²) in [7, 11) is 0. The Balaban J connectivity index is 2.15. The maximum Gasteiger partial charge on any atom is 0.361 e. The predicted octanol–water partition coefficient (Wildman–Crippen LogP) is -0.258. The molecule has 1 aromatic rings. The van der Waals surface area contributed by atoms with E-state index in [0.717, 1.165) is 4.74 Å². The van der Waals surface area contributed by atoms with Crippen molar-refractivity contribution in [3.05, 3.63) is 22.7 Å². The van der Waals surface area contributed by atoms with Gasteiger partial charge in [0, 0.05) is 19.2 Å². The number of carbonyl (C=O) groups is 1. The summed E-state index contributed by atoms with van der Waals surface area (Å²) in [5, 5.41) is 0. The summed E-state index contributed by atoms with van der Waals surface area (Å²) in [5.41, 5.74) is -0.443. The first-order valence-corrected chi connectivity index (χ1v) is 4.33. The van der Waals surface area contributed by atoms with E-state index < -0.39 is 11.6 Å². The second-order valence-corrected chi connectivity index (χ2v) is 2.92. The van der Waals surface area contributed by atoms with Gasteiger partial charge in [-0.25, -0.2) is 4.79 Å². The fourth-order valence-corrected chi connectivity index (χ4v) is 1.29. The molecule has 0 spiro atoms. The number of ether oxygens (including phenoxy) is 1. The third kappa shape index (κ3) is 1.56. The highest BCUT2D eigenvalue weighted by Gasteiger charge is 2.20. The molecule has 1 aliphatic rings. The van der Waals surface area contributed by atoms with Crippen molar-refractivity contribution in [3.63, 3.8) is 0 Å². The number of hydrogen-bond acceptors (Lipinski definition) is 4. The summed E-state index contributed by atoms with van der Waals surface area (Å²) in [4.78, 5) is 24.2. The van der Waals surface area contributed by atoms with Crippen LogP contribution in [-0.2, 0) is 4.74 Å². The SMILES string of the molecule is O=C(N1CCOCC1)n1occc1=O. The Hall–Kier alpha value is -1.56. The van der Waals surface area contributed by atoms with E-state index in [1.54, 1.807) is 0 Å². The minimum Gasteiger partial charge on any atom is -0.378 e. The largest absolute Gasteiger partial charge is 0.378 e. The molecule has 0 bridgehead atoms. The zero-order valence-electron chi connectivity index (χ0n) is 7.51. The Labute approximate surface area is 79.6 Å². The van der Waals surface area contributed by atoms with Crippen molar-refractivity contribution in [1.29, 1.82) is 0 Å². The number of nitrogens with zero attached hydrogens (tertiary/aromatic N) is 2. The molecule has 6 heteroatoms. The van der Waals surface area contributed by atoms with Crippen LogP contribution in [0.25, 0.3) is 0 Å². The van der Waals surface area contributed by atoms with Crippen LogP contribution in [0.1, 0.15) is 0 Å². The standard InChI is InChI=1S/C8H10N2O4/c11-7-1-4-14-10(7)8(12)9-2-5-13-6-3-9/h1,4H,2-3,5-6H2. The molecule has 0 aliphatic carbocycles. The van der Waals surface area contributed by atoms with Gasteiger partial charge in [-0.15, -0.1) is 0 Å². The molecule has 0 unspecified atom stereocenters. The molecule has 1 saturated heterocycles. The molecular formula is C8H10N2O4. The van der Waals surface area contributed by atoms with E-state index in [1.165, 1.54) is 17.2 Å². The zero-order valence-corrected chi connectivity index (χ0v) is 7.51. The minimum atomic E-state index is -0.443. The Kier molecular flexibility index (Phi) is 2.36. The van der Waals surface area contributed by atoms with Crippen LogP contribution in [0.5, 0.6) is 0 Å². The number of rotatable bonds is 0. The van der Waals surface area contributed by atoms with Gasteiger partial charge in [0.1, 0.15) is 6.26 Å². The number of hydrogen-bond donors (Lipinski definition) is 0. The van der Waals surface area contributed by atoms with E-state index in [2.05, 4.69) is 0 Å². The van der Waals surface area contributed by atoms with Crippen LogP contribution >= 0.6 is 0 Å². The lowest BCUT2D eigenvalue weighted by molar-refractivity contribution is 0.0482. The normalized spacial score (nSPS) is 17.0. The molecule has 1 aromatic heterocycles. The van der Waals surface area contributed by atoms with Gasteiger partial charge in [-0.1, -0.05) is 4.74 Å². The van der Waals surface area contributed by atoms with Crippen LogP contribution < -0.4 is 5.56 Å². The topological polar surface area (TPSA) is 64.7 Å². The summed E-state index contributed by atoms with van der Waals surface area (Å²) in [6.07, 6.45) is 1.20. The Morgan fingerprint density at radius 1 is 1.36 bits per heavy atom. The summed E-state index contributed by atoms with van der Waals surface area (Å²) < 4.78 is 10.6. The van der Waals surface area contributed by atoms with Crippen LogP contribution in [0, 0.1) is 0 Å². The molecule has 0 saturated carbocycles. The lowest BCUT2D eigenvalue weighted by Crippen LogP contribution is -2.44. The average molecular weight is 198 g/mol. The van der Waals surface area contributed by atoms with E-state index in [4.69, 9.17) is 9.26 Å². The molecule has 1 fully saturated rings. The number of morpholine rings is 1. The van der Waals surface area contributed by atoms with Gasteiger partial charge in [0.25, 0.3) is 5.56 Å². The monoisotopic (exact) mass is 198 g/mol.